The smallest absolute Gasteiger partial charge is 0.490 e. The van der Waals surface area contributed by atoms with Gasteiger partial charge in [-0.1, -0.05) is 12.1 Å². The van der Waals surface area contributed by atoms with Crippen LogP contribution in [0.3, 0.4) is 0 Å². The first-order valence-electron chi connectivity index (χ1n) is 10.5. The van der Waals surface area contributed by atoms with E-state index in [-0.39, 0.29) is 23.4 Å². The predicted molar refractivity (Wildman–Crippen MR) is 113 cm³/mol. The number of aryl methyl sites for hydroxylation is 1. The number of likely N-dealkylation sites (tertiary alicyclic amines) is 1. The molecule has 2 aromatic rings. The molecule has 0 radical (unpaired) electrons. The largest absolute Gasteiger partial charge is 0.508 e. The number of carboxylic acid groups (broad SMARTS) is 1. The maximum absolute atomic E-state index is 12.6. The number of hydrogen-bond donors (Lipinski definition) is 2. The second-order valence-electron chi connectivity index (χ2n) is 8.34. The number of aromatic nitrogens is 1. The SMILES string of the molecule is Cc1cncc(COC2CCOC3(C2)CN(C(=O)c2cccc(O)c2)C3)c1.O=C(O)C(F)(F)F. The highest BCUT2D eigenvalue weighted by Crippen LogP contribution is 2.36. The molecule has 3 heterocycles. The average Bonchev–Trinajstić information content (AvgIpc) is 2.75. The molecule has 0 bridgehead atoms. The van der Waals surface area contributed by atoms with Crippen LogP contribution in [0.4, 0.5) is 13.2 Å². The van der Waals surface area contributed by atoms with E-state index in [0.717, 1.165) is 24.0 Å². The molecule has 1 amide bonds. The lowest BCUT2D eigenvalue weighted by molar-refractivity contribution is -0.192. The van der Waals surface area contributed by atoms with Crippen molar-refractivity contribution in [3.05, 3.63) is 59.4 Å². The minimum absolute atomic E-state index is 0.0750. The standard InChI is InChI=1S/C21H24N2O4.C2HF3O2/c1-15-7-16(11-22-10-15)12-26-19-5-6-27-21(9-19)13-23(14-21)20(25)17-3-2-4-18(24)8-17;3-2(4,5)1(6)7/h2-4,7-8,10-11,19,24H,5-6,9,12-14H2,1H3;(H,6,7). The van der Waals surface area contributed by atoms with E-state index in [0.29, 0.717) is 31.9 Å². The van der Waals surface area contributed by atoms with E-state index in [4.69, 9.17) is 19.4 Å². The molecule has 34 heavy (non-hydrogen) atoms. The summed E-state index contributed by atoms with van der Waals surface area (Å²) in [5, 5.41) is 16.7. The first-order valence-corrected chi connectivity index (χ1v) is 10.5. The van der Waals surface area contributed by atoms with Crippen molar-refractivity contribution < 1.29 is 42.4 Å². The summed E-state index contributed by atoms with van der Waals surface area (Å²) >= 11 is 0. The van der Waals surface area contributed by atoms with Crippen LogP contribution in [0.25, 0.3) is 0 Å². The molecule has 2 saturated heterocycles. The van der Waals surface area contributed by atoms with E-state index in [9.17, 15) is 23.1 Å². The van der Waals surface area contributed by atoms with E-state index >= 15 is 0 Å². The van der Waals surface area contributed by atoms with Gasteiger partial charge in [0.05, 0.1) is 25.8 Å². The van der Waals surface area contributed by atoms with Crippen LogP contribution in [0.5, 0.6) is 5.75 Å². The molecule has 0 aliphatic carbocycles. The average molecular weight is 482 g/mol. The van der Waals surface area contributed by atoms with Gasteiger partial charge >= 0.3 is 12.1 Å². The van der Waals surface area contributed by atoms with Gasteiger partial charge in [-0.3, -0.25) is 9.78 Å². The molecular formula is C23H25F3N2O6. The van der Waals surface area contributed by atoms with Crippen LogP contribution in [0.15, 0.2) is 42.7 Å². The fraction of sp³-hybridized carbons (Fsp3) is 0.435. The van der Waals surface area contributed by atoms with E-state index in [2.05, 4.69) is 11.1 Å². The number of aromatic hydroxyl groups is 1. The summed E-state index contributed by atoms with van der Waals surface area (Å²) in [5.41, 5.74) is 2.39. The molecule has 0 saturated carbocycles. The lowest BCUT2D eigenvalue weighted by Gasteiger charge is -2.53. The number of pyridine rings is 1. The van der Waals surface area contributed by atoms with Gasteiger partial charge in [0.25, 0.3) is 5.91 Å². The van der Waals surface area contributed by atoms with Crippen molar-refractivity contribution >= 4 is 11.9 Å². The van der Waals surface area contributed by atoms with Crippen LogP contribution in [0.1, 0.15) is 34.3 Å². The molecule has 1 aromatic heterocycles. The maximum Gasteiger partial charge on any atom is 0.490 e. The van der Waals surface area contributed by atoms with E-state index in [1.807, 2.05) is 19.3 Å². The Bertz CT molecular complexity index is 1020. The Hall–Kier alpha value is -3.18. The van der Waals surface area contributed by atoms with E-state index in [1.54, 1.807) is 23.1 Å². The molecule has 1 atom stereocenters. The Morgan fingerprint density at radius 1 is 1.26 bits per heavy atom. The Labute approximate surface area is 193 Å². The van der Waals surface area contributed by atoms with Gasteiger partial charge in [0.2, 0.25) is 0 Å². The number of carboxylic acids is 1. The predicted octanol–water partition coefficient (Wildman–Crippen LogP) is 3.32. The first-order chi connectivity index (χ1) is 16.0. The van der Waals surface area contributed by atoms with Gasteiger partial charge in [-0.15, -0.1) is 0 Å². The zero-order valence-corrected chi connectivity index (χ0v) is 18.4. The number of halogens is 3. The molecule has 1 aromatic carbocycles. The number of phenols is 1. The number of benzene rings is 1. The van der Waals surface area contributed by atoms with Gasteiger partial charge in [-0.2, -0.15) is 13.2 Å². The van der Waals surface area contributed by atoms with E-state index in [1.165, 1.54) is 6.07 Å². The Morgan fingerprint density at radius 2 is 1.97 bits per heavy atom. The lowest BCUT2D eigenvalue weighted by Crippen LogP contribution is -2.67. The number of hydrogen-bond acceptors (Lipinski definition) is 6. The molecule has 2 aliphatic rings. The molecule has 2 aliphatic heterocycles. The van der Waals surface area contributed by atoms with Crippen molar-refractivity contribution in [2.45, 2.75) is 44.3 Å². The summed E-state index contributed by atoms with van der Waals surface area (Å²) in [7, 11) is 0. The van der Waals surface area contributed by atoms with Gasteiger partial charge in [-0.05, 0) is 42.7 Å². The Morgan fingerprint density at radius 3 is 2.59 bits per heavy atom. The molecule has 1 unspecified atom stereocenters. The number of rotatable bonds is 4. The molecule has 2 N–H and O–H groups in total. The second-order valence-corrected chi connectivity index (χ2v) is 8.34. The highest BCUT2D eigenvalue weighted by Gasteiger charge is 2.49. The molecule has 184 valence electrons. The first kappa shape index (κ1) is 25.4. The van der Waals surface area contributed by atoms with Crippen molar-refractivity contribution in [1.82, 2.24) is 9.88 Å². The molecule has 1 spiro atoms. The van der Waals surface area contributed by atoms with Crippen LogP contribution in [-0.2, 0) is 20.9 Å². The highest BCUT2D eigenvalue weighted by atomic mass is 19.4. The van der Waals surface area contributed by atoms with Crippen LogP contribution >= 0.6 is 0 Å². The maximum atomic E-state index is 12.6. The van der Waals surface area contributed by atoms with Gasteiger partial charge in [-0.25, -0.2) is 4.79 Å². The summed E-state index contributed by atoms with van der Waals surface area (Å²) in [6.07, 6.45) is 0.357. The molecule has 8 nitrogen and oxygen atoms in total. The number of amides is 1. The third kappa shape index (κ3) is 6.67. The molecule has 11 heteroatoms. The van der Waals surface area contributed by atoms with Crippen molar-refractivity contribution in [3.8, 4) is 5.75 Å². The zero-order chi connectivity index (χ0) is 24.9. The molecule has 4 rings (SSSR count). The van der Waals surface area contributed by atoms with Crippen molar-refractivity contribution in [2.24, 2.45) is 0 Å². The van der Waals surface area contributed by atoms with Gasteiger partial charge < -0.3 is 24.6 Å². The second kappa shape index (κ2) is 10.4. The third-order valence-electron chi connectivity index (χ3n) is 5.45. The number of alkyl halides is 3. The quantitative estimate of drug-likeness (QED) is 0.688. The van der Waals surface area contributed by atoms with Crippen molar-refractivity contribution in [2.75, 3.05) is 19.7 Å². The fourth-order valence-corrected chi connectivity index (χ4v) is 3.87. The minimum atomic E-state index is -5.08. The minimum Gasteiger partial charge on any atom is -0.508 e. The summed E-state index contributed by atoms with van der Waals surface area (Å²) in [5.74, 6) is -2.73. The number of phenolic OH excluding ortho intramolecular Hbond substituents is 1. The van der Waals surface area contributed by atoms with E-state index < -0.39 is 12.1 Å². The van der Waals surface area contributed by atoms with Crippen LogP contribution < -0.4 is 0 Å². The third-order valence-corrected chi connectivity index (χ3v) is 5.45. The summed E-state index contributed by atoms with van der Waals surface area (Å²) in [4.78, 5) is 27.4. The number of ether oxygens (including phenoxy) is 2. The Kier molecular flexibility index (Phi) is 7.78. The van der Waals surface area contributed by atoms with Crippen LogP contribution in [0.2, 0.25) is 0 Å². The molecule has 2 fully saturated rings. The summed E-state index contributed by atoms with van der Waals surface area (Å²) in [6, 6.07) is 8.54. The van der Waals surface area contributed by atoms with Gasteiger partial charge in [0.1, 0.15) is 11.4 Å². The highest BCUT2D eigenvalue weighted by molar-refractivity contribution is 5.95. The van der Waals surface area contributed by atoms with Crippen molar-refractivity contribution in [3.63, 3.8) is 0 Å². The number of nitrogens with zero attached hydrogens (tertiary/aromatic N) is 2. The van der Waals surface area contributed by atoms with Crippen molar-refractivity contribution in [1.29, 1.82) is 0 Å². The number of carbonyl (C=O) groups excluding carboxylic acids is 1. The molecular weight excluding hydrogens is 457 g/mol. The van der Waals surface area contributed by atoms with Crippen LogP contribution in [-0.4, -0.2) is 69.6 Å². The topological polar surface area (TPSA) is 109 Å². The number of carbonyl (C=O) groups is 2. The van der Waals surface area contributed by atoms with Crippen LogP contribution in [0, 0.1) is 6.92 Å². The summed E-state index contributed by atoms with van der Waals surface area (Å²) < 4.78 is 43.8. The normalized spacial score (nSPS) is 19.1. The fourth-order valence-electron chi connectivity index (χ4n) is 3.87. The monoisotopic (exact) mass is 482 g/mol. The Balaban J connectivity index is 0.000000406. The van der Waals surface area contributed by atoms with Gasteiger partial charge in [0.15, 0.2) is 0 Å². The lowest BCUT2D eigenvalue weighted by atomic mass is 9.84. The number of aliphatic carboxylic acids is 1. The summed E-state index contributed by atoms with van der Waals surface area (Å²) in [6.45, 7) is 4.33. The van der Waals surface area contributed by atoms with Gasteiger partial charge in [0, 0.05) is 31.0 Å². The zero-order valence-electron chi connectivity index (χ0n) is 18.4.